The molecule has 1 aromatic heterocycles. The Morgan fingerprint density at radius 3 is 2.35 bits per heavy atom. The Labute approximate surface area is 122 Å². The molecule has 0 amide bonds. The Morgan fingerprint density at radius 2 is 1.75 bits per heavy atom. The van der Waals surface area contributed by atoms with E-state index < -0.39 is 6.61 Å². The van der Waals surface area contributed by atoms with Crippen molar-refractivity contribution in [2.24, 2.45) is 0 Å². The van der Waals surface area contributed by atoms with Crippen molar-refractivity contribution in [3.8, 4) is 0 Å². The van der Waals surface area contributed by atoms with Crippen molar-refractivity contribution >= 4 is 17.4 Å². The maximum atomic E-state index is 11.2. The Hall–Kier alpha value is -1.78. The zero-order valence-corrected chi connectivity index (χ0v) is 11.7. The molecule has 0 fully saturated rings. The zero-order chi connectivity index (χ0) is 14.4. The Bertz CT molecular complexity index is 567. The highest BCUT2D eigenvalue weighted by molar-refractivity contribution is 6.30. The number of aliphatic hydroxyl groups excluding tert-OH is 1. The van der Waals surface area contributed by atoms with Crippen LogP contribution in [0.2, 0.25) is 5.02 Å². The summed E-state index contributed by atoms with van der Waals surface area (Å²) in [6, 6.07) is 7.77. The third kappa shape index (κ3) is 4.11. The molecule has 0 unspecified atom stereocenters. The van der Waals surface area contributed by atoms with E-state index in [0.29, 0.717) is 11.4 Å². The number of carbonyl (C=O) groups is 1. The molecule has 0 aliphatic rings. The van der Waals surface area contributed by atoms with Crippen LogP contribution in [-0.4, -0.2) is 27.5 Å². The highest BCUT2D eigenvalue weighted by atomic mass is 35.5. The first-order valence-corrected chi connectivity index (χ1v) is 6.76. The van der Waals surface area contributed by atoms with Gasteiger partial charge in [-0.15, -0.1) is 0 Å². The van der Waals surface area contributed by atoms with E-state index in [4.69, 9.17) is 16.7 Å². The van der Waals surface area contributed by atoms with Crippen molar-refractivity contribution in [3.63, 3.8) is 0 Å². The van der Waals surface area contributed by atoms with E-state index in [1.165, 1.54) is 18.0 Å². The minimum absolute atomic E-state index is 0.342. The highest BCUT2D eigenvalue weighted by Crippen LogP contribution is 2.11. The van der Waals surface area contributed by atoms with E-state index in [-0.39, 0.29) is 5.78 Å². The van der Waals surface area contributed by atoms with E-state index >= 15 is 0 Å². The second-order valence-corrected chi connectivity index (χ2v) is 4.89. The first-order valence-electron chi connectivity index (χ1n) is 6.38. The third-order valence-electron chi connectivity index (χ3n) is 2.95. The van der Waals surface area contributed by atoms with Gasteiger partial charge < -0.3 is 5.11 Å². The standard InChI is InChI=1S/C15H15ClN2O2/c16-13-6-4-11(5-7-13)2-1-3-15-17-8-12(9-18-15)14(20)10-19/h4-9,19H,1-3,10H2. The molecule has 0 saturated heterocycles. The smallest absolute Gasteiger partial charge is 0.191 e. The molecule has 20 heavy (non-hydrogen) atoms. The number of aliphatic hydroxyl groups is 1. The predicted octanol–water partition coefficient (Wildman–Crippen LogP) is 2.48. The van der Waals surface area contributed by atoms with Crippen molar-refractivity contribution in [2.45, 2.75) is 19.3 Å². The molecule has 0 bridgehead atoms. The van der Waals surface area contributed by atoms with Crippen LogP contribution in [0.25, 0.3) is 0 Å². The molecular formula is C15H15ClN2O2. The van der Waals surface area contributed by atoms with Crippen LogP contribution in [0.5, 0.6) is 0 Å². The largest absolute Gasteiger partial charge is 0.388 e. The van der Waals surface area contributed by atoms with Crippen LogP contribution >= 0.6 is 11.6 Å². The van der Waals surface area contributed by atoms with Gasteiger partial charge in [0.25, 0.3) is 0 Å². The van der Waals surface area contributed by atoms with Crippen molar-refractivity contribution < 1.29 is 9.90 Å². The number of carbonyl (C=O) groups excluding carboxylic acids is 1. The fourth-order valence-corrected chi connectivity index (χ4v) is 1.95. The fraction of sp³-hybridized carbons (Fsp3) is 0.267. The lowest BCUT2D eigenvalue weighted by atomic mass is 10.1. The van der Waals surface area contributed by atoms with Gasteiger partial charge in [0.05, 0.1) is 5.56 Å². The average Bonchev–Trinajstić information content (AvgIpc) is 2.49. The Kier molecular flexibility index (Phi) is 5.21. The number of hydrogen-bond donors (Lipinski definition) is 1. The monoisotopic (exact) mass is 290 g/mol. The maximum Gasteiger partial charge on any atom is 0.191 e. The zero-order valence-electron chi connectivity index (χ0n) is 10.9. The molecule has 1 N–H and O–H groups in total. The van der Waals surface area contributed by atoms with Crippen LogP contribution in [-0.2, 0) is 12.8 Å². The molecule has 0 spiro atoms. The second kappa shape index (κ2) is 7.12. The first kappa shape index (κ1) is 14.6. The van der Waals surface area contributed by atoms with Gasteiger partial charge in [-0.25, -0.2) is 9.97 Å². The van der Waals surface area contributed by atoms with Crippen molar-refractivity contribution in [3.05, 3.63) is 58.6 Å². The summed E-state index contributed by atoms with van der Waals surface area (Å²) in [4.78, 5) is 19.5. The van der Waals surface area contributed by atoms with E-state index in [1.54, 1.807) is 0 Å². The number of aryl methyl sites for hydroxylation is 2. The van der Waals surface area contributed by atoms with Gasteiger partial charge >= 0.3 is 0 Å². The summed E-state index contributed by atoms with van der Waals surface area (Å²) in [6.45, 7) is -0.515. The van der Waals surface area contributed by atoms with Crippen LogP contribution < -0.4 is 0 Å². The SMILES string of the molecule is O=C(CO)c1cnc(CCCc2ccc(Cl)cc2)nc1. The number of Topliss-reactive ketones (excluding diaryl/α,β-unsaturated/α-hetero) is 1. The molecule has 0 aliphatic heterocycles. The lowest BCUT2D eigenvalue weighted by Crippen LogP contribution is -2.07. The van der Waals surface area contributed by atoms with Crippen LogP contribution in [0.1, 0.15) is 28.2 Å². The topological polar surface area (TPSA) is 63.1 Å². The number of halogens is 1. The first-order chi connectivity index (χ1) is 9.69. The quantitative estimate of drug-likeness (QED) is 0.830. The molecule has 5 heteroatoms. The Morgan fingerprint density at radius 1 is 1.10 bits per heavy atom. The van der Waals surface area contributed by atoms with Gasteiger partial charge in [0, 0.05) is 23.8 Å². The van der Waals surface area contributed by atoms with Crippen LogP contribution in [0.15, 0.2) is 36.7 Å². The number of ketones is 1. The molecule has 0 radical (unpaired) electrons. The van der Waals surface area contributed by atoms with Crippen molar-refractivity contribution in [1.29, 1.82) is 0 Å². The molecule has 2 aromatic rings. The van der Waals surface area contributed by atoms with E-state index in [0.717, 1.165) is 24.3 Å². The summed E-state index contributed by atoms with van der Waals surface area (Å²) < 4.78 is 0. The average molecular weight is 291 g/mol. The minimum atomic E-state index is -0.515. The normalized spacial score (nSPS) is 10.5. The maximum absolute atomic E-state index is 11.2. The van der Waals surface area contributed by atoms with Crippen LogP contribution in [0.4, 0.5) is 0 Å². The fourth-order valence-electron chi connectivity index (χ4n) is 1.82. The second-order valence-electron chi connectivity index (χ2n) is 4.45. The van der Waals surface area contributed by atoms with Crippen molar-refractivity contribution in [1.82, 2.24) is 9.97 Å². The predicted molar refractivity (Wildman–Crippen MR) is 76.9 cm³/mol. The lowest BCUT2D eigenvalue weighted by Gasteiger charge is -2.02. The van der Waals surface area contributed by atoms with Crippen LogP contribution in [0.3, 0.4) is 0 Å². The third-order valence-corrected chi connectivity index (χ3v) is 3.20. The summed E-state index contributed by atoms with van der Waals surface area (Å²) >= 11 is 5.83. The highest BCUT2D eigenvalue weighted by Gasteiger charge is 2.05. The van der Waals surface area contributed by atoms with E-state index in [1.807, 2.05) is 24.3 Å². The summed E-state index contributed by atoms with van der Waals surface area (Å²) in [6.07, 6.45) is 5.52. The number of hydrogen-bond acceptors (Lipinski definition) is 4. The van der Waals surface area contributed by atoms with Gasteiger partial charge in [-0.3, -0.25) is 4.79 Å². The molecular weight excluding hydrogens is 276 g/mol. The van der Waals surface area contributed by atoms with Gasteiger partial charge in [0.15, 0.2) is 5.78 Å². The molecule has 104 valence electrons. The summed E-state index contributed by atoms with van der Waals surface area (Å²) in [5.41, 5.74) is 1.57. The number of nitrogens with zero attached hydrogens (tertiary/aromatic N) is 2. The molecule has 1 aromatic carbocycles. The van der Waals surface area contributed by atoms with Gasteiger partial charge in [-0.1, -0.05) is 23.7 Å². The van der Waals surface area contributed by atoms with Gasteiger partial charge in [0.1, 0.15) is 12.4 Å². The molecule has 0 atom stereocenters. The molecule has 0 saturated carbocycles. The summed E-state index contributed by atoms with van der Waals surface area (Å²) in [5, 5.41) is 9.47. The molecule has 1 heterocycles. The van der Waals surface area contributed by atoms with E-state index in [9.17, 15) is 4.79 Å². The molecule has 2 rings (SSSR count). The molecule has 0 aliphatic carbocycles. The Balaban J connectivity index is 1.85. The number of rotatable bonds is 6. The number of benzene rings is 1. The van der Waals surface area contributed by atoms with Crippen LogP contribution in [0, 0.1) is 0 Å². The minimum Gasteiger partial charge on any atom is -0.388 e. The van der Waals surface area contributed by atoms with E-state index in [2.05, 4.69) is 9.97 Å². The summed E-state index contributed by atoms with van der Waals surface area (Å²) in [5.74, 6) is 0.339. The molecule has 4 nitrogen and oxygen atoms in total. The van der Waals surface area contributed by atoms with Gasteiger partial charge in [-0.05, 0) is 30.5 Å². The van der Waals surface area contributed by atoms with Crippen molar-refractivity contribution in [2.75, 3.05) is 6.61 Å². The lowest BCUT2D eigenvalue weighted by molar-refractivity contribution is 0.0903. The summed E-state index contributed by atoms with van der Waals surface area (Å²) in [7, 11) is 0. The van der Waals surface area contributed by atoms with Gasteiger partial charge in [0.2, 0.25) is 0 Å². The number of aromatic nitrogens is 2. The van der Waals surface area contributed by atoms with Gasteiger partial charge in [-0.2, -0.15) is 0 Å².